The van der Waals surface area contributed by atoms with E-state index in [0.29, 0.717) is 17.1 Å². The summed E-state index contributed by atoms with van der Waals surface area (Å²) in [5.41, 5.74) is 0.347. The van der Waals surface area contributed by atoms with E-state index in [1.807, 2.05) is 12.1 Å². The zero-order valence-electron chi connectivity index (χ0n) is 14.9. The van der Waals surface area contributed by atoms with E-state index >= 15 is 0 Å². The van der Waals surface area contributed by atoms with Crippen LogP contribution in [0.2, 0.25) is 0 Å². The number of carbonyl (C=O) groups excluding carboxylic acids is 1. The van der Waals surface area contributed by atoms with Crippen LogP contribution in [0.15, 0.2) is 40.9 Å². The second-order valence-corrected chi connectivity index (χ2v) is 6.35. The number of benzene rings is 2. The minimum Gasteiger partial charge on any atom is -0.493 e. The van der Waals surface area contributed by atoms with Gasteiger partial charge in [0.15, 0.2) is 18.1 Å². The number of rotatable bonds is 9. The summed E-state index contributed by atoms with van der Waals surface area (Å²) in [5.74, 6) is 0.924. The molecule has 0 saturated carbocycles. The van der Waals surface area contributed by atoms with Gasteiger partial charge in [0.25, 0.3) is 11.6 Å². The van der Waals surface area contributed by atoms with Crippen LogP contribution in [0.5, 0.6) is 17.2 Å². The second kappa shape index (κ2) is 9.77. The Labute approximate surface area is 164 Å². The van der Waals surface area contributed by atoms with Crippen molar-refractivity contribution >= 4 is 27.5 Å². The molecule has 27 heavy (non-hydrogen) atoms. The number of nitrogens with zero attached hydrogens (tertiary/aromatic N) is 1. The molecule has 0 bridgehead atoms. The average Bonchev–Trinajstić information content (AvgIpc) is 2.66. The van der Waals surface area contributed by atoms with Gasteiger partial charge in [0, 0.05) is 16.6 Å². The lowest BCUT2D eigenvalue weighted by Gasteiger charge is -2.11. The quantitative estimate of drug-likeness (QED) is 0.476. The Kier molecular flexibility index (Phi) is 7.42. The molecule has 2 aromatic rings. The van der Waals surface area contributed by atoms with Gasteiger partial charge in [-0.05, 0) is 36.8 Å². The monoisotopic (exact) mass is 438 g/mol. The average molecular weight is 439 g/mol. The first-order valence-electron chi connectivity index (χ1n) is 7.99. The van der Waals surface area contributed by atoms with E-state index in [-0.39, 0.29) is 36.9 Å². The summed E-state index contributed by atoms with van der Waals surface area (Å²) < 4.78 is 16.6. The Morgan fingerprint density at radius 3 is 2.37 bits per heavy atom. The first kappa shape index (κ1) is 20.5. The molecule has 2 rings (SSSR count). The number of nitro groups is 1. The second-order valence-electron chi connectivity index (χ2n) is 5.44. The van der Waals surface area contributed by atoms with Crippen LogP contribution < -0.4 is 19.5 Å². The molecule has 8 nitrogen and oxygen atoms in total. The van der Waals surface area contributed by atoms with Gasteiger partial charge >= 0.3 is 0 Å². The summed E-state index contributed by atoms with van der Waals surface area (Å²) in [6.45, 7) is 0.0779. The number of methoxy groups -OCH3 is 2. The van der Waals surface area contributed by atoms with Crippen molar-refractivity contribution in [3.05, 3.63) is 56.5 Å². The highest BCUT2D eigenvalue weighted by Gasteiger charge is 2.19. The van der Waals surface area contributed by atoms with Gasteiger partial charge in [0.05, 0.1) is 25.2 Å². The maximum Gasteiger partial charge on any atom is 0.276 e. The molecule has 0 heterocycles. The number of hydrogen-bond donors (Lipinski definition) is 1. The zero-order chi connectivity index (χ0) is 19.8. The van der Waals surface area contributed by atoms with Crippen molar-refractivity contribution in [3.8, 4) is 17.2 Å². The van der Waals surface area contributed by atoms with Gasteiger partial charge < -0.3 is 19.5 Å². The fraction of sp³-hybridized carbons (Fsp3) is 0.278. The number of ether oxygens (including phenoxy) is 3. The Morgan fingerprint density at radius 2 is 1.78 bits per heavy atom. The van der Waals surface area contributed by atoms with Crippen molar-refractivity contribution in [1.82, 2.24) is 5.32 Å². The van der Waals surface area contributed by atoms with E-state index in [4.69, 9.17) is 14.2 Å². The van der Waals surface area contributed by atoms with Crippen LogP contribution in [0.3, 0.4) is 0 Å². The molecule has 1 N–H and O–H groups in total. The third kappa shape index (κ3) is 5.85. The molecule has 0 radical (unpaired) electrons. The van der Waals surface area contributed by atoms with Gasteiger partial charge in [-0.15, -0.1) is 0 Å². The molecular weight excluding hydrogens is 420 g/mol. The number of carbonyl (C=O) groups is 1. The van der Waals surface area contributed by atoms with Crippen molar-refractivity contribution in [2.24, 2.45) is 0 Å². The van der Waals surface area contributed by atoms with Crippen molar-refractivity contribution in [1.29, 1.82) is 0 Å². The number of hydrogen-bond acceptors (Lipinski definition) is 6. The van der Waals surface area contributed by atoms with Crippen LogP contribution in [-0.2, 0) is 11.2 Å². The fourth-order valence-corrected chi connectivity index (χ4v) is 2.61. The van der Waals surface area contributed by atoms with Gasteiger partial charge in [-0.25, -0.2) is 0 Å². The predicted molar refractivity (Wildman–Crippen MR) is 103 cm³/mol. The number of nitrogens with one attached hydrogen (secondary N) is 1. The lowest BCUT2D eigenvalue weighted by Crippen LogP contribution is -2.30. The van der Waals surface area contributed by atoms with Crippen LogP contribution in [0.4, 0.5) is 5.69 Å². The van der Waals surface area contributed by atoms with Crippen LogP contribution >= 0.6 is 15.9 Å². The van der Waals surface area contributed by atoms with Gasteiger partial charge in [0.2, 0.25) is 0 Å². The summed E-state index contributed by atoms with van der Waals surface area (Å²) in [7, 11) is 2.86. The lowest BCUT2D eigenvalue weighted by atomic mass is 10.1. The van der Waals surface area contributed by atoms with E-state index in [1.54, 1.807) is 18.2 Å². The van der Waals surface area contributed by atoms with Crippen LogP contribution in [0, 0.1) is 10.1 Å². The molecule has 9 heteroatoms. The fourth-order valence-electron chi connectivity index (χ4n) is 2.35. The minimum atomic E-state index is -0.490. The minimum absolute atomic E-state index is 0.0898. The number of nitro benzene ring substituents is 1. The van der Waals surface area contributed by atoms with E-state index in [2.05, 4.69) is 21.2 Å². The Bertz CT molecular complexity index is 810. The maximum atomic E-state index is 11.9. The van der Waals surface area contributed by atoms with Gasteiger partial charge in [-0.3, -0.25) is 14.9 Å². The van der Waals surface area contributed by atoms with Crippen LogP contribution in [0.1, 0.15) is 5.56 Å². The molecule has 0 aliphatic heterocycles. The zero-order valence-corrected chi connectivity index (χ0v) is 16.4. The van der Waals surface area contributed by atoms with E-state index in [0.717, 1.165) is 4.47 Å². The van der Waals surface area contributed by atoms with Crippen molar-refractivity contribution in [2.45, 2.75) is 6.42 Å². The van der Waals surface area contributed by atoms with Crippen molar-refractivity contribution < 1.29 is 23.9 Å². The van der Waals surface area contributed by atoms with Crippen molar-refractivity contribution in [3.63, 3.8) is 0 Å². The van der Waals surface area contributed by atoms with Crippen LogP contribution in [-0.4, -0.2) is 38.2 Å². The summed E-state index contributed by atoms with van der Waals surface area (Å²) in [5, 5.41) is 13.9. The van der Waals surface area contributed by atoms with E-state index in [9.17, 15) is 14.9 Å². The molecule has 0 spiro atoms. The standard InChI is InChI=1S/C18H19BrN2O6/c1-25-16-9-12(15(21(23)24)10-17(16)26-2)7-8-20-18(22)11-27-14-5-3-13(19)4-6-14/h3-6,9-10H,7-8,11H2,1-2H3,(H,20,22). The van der Waals surface area contributed by atoms with E-state index < -0.39 is 4.92 Å². The number of amides is 1. The summed E-state index contributed by atoms with van der Waals surface area (Å²) in [4.78, 5) is 22.7. The summed E-state index contributed by atoms with van der Waals surface area (Å²) in [6, 6.07) is 9.95. The lowest BCUT2D eigenvalue weighted by molar-refractivity contribution is -0.385. The first-order valence-corrected chi connectivity index (χ1v) is 8.78. The molecule has 1 amide bonds. The summed E-state index contributed by atoms with van der Waals surface area (Å²) in [6.07, 6.45) is 0.265. The molecule has 2 aromatic carbocycles. The highest BCUT2D eigenvalue weighted by molar-refractivity contribution is 9.10. The predicted octanol–water partition coefficient (Wildman–Crippen LogP) is 3.11. The first-order chi connectivity index (χ1) is 12.9. The third-order valence-corrected chi connectivity index (χ3v) is 4.21. The largest absolute Gasteiger partial charge is 0.493 e. The smallest absolute Gasteiger partial charge is 0.276 e. The molecule has 144 valence electrons. The highest BCUT2D eigenvalue weighted by Crippen LogP contribution is 2.34. The normalized spacial score (nSPS) is 10.2. The molecule has 0 aromatic heterocycles. The molecule has 0 unspecified atom stereocenters. The van der Waals surface area contributed by atoms with E-state index in [1.165, 1.54) is 20.3 Å². The Hall–Kier alpha value is -2.81. The van der Waals surface area contributed by atoms with Crippen molar-refractivity contribution in [2.75, 3.05) is 27.4 Å². The van der Waals surface area contributed by atoms with Gasteiger partial charge in [-0.1, -0.05) is 15.9 Å². The van der Waals surface area contributed by atoms with Gasteiger partial charge in [0.1, 0.15) is 5.75 Å². The number of halogens is 1. The molecule has 0 atom stereocenters. The molecule has 0 aliphatic rings. The topological polar surface area (TPSA) is 99.9 Å². The molecule has 0 aliphatic carbocycles. The van der Waals surface area contributed by atoms with Gasteiger partial charge in [-0.2, -0.15) is 0 Å². The molecule has 0 fully saturated rings. The van der Waals surface area contributed by atoms with Crippen LogP contribution in [0.25, 0.3) is 0 Å². The third-order valence-electron chi connectivity index (χ3n) is 3.68. The Morgan fingerprint density at radius 1 is 1.15 bits per heavy atom. The summed E-state index contributed by atoms with van der Waals surface area (Å²) >= 11 is 3.32. The molecular formula is C18H19BrN2O6. The highest BCUT2D eigenvalue weighted by atomic mass is 79.9. The Balaban J connectivity index is 1.92. The molecule has 0 saturated heterocycles. The maximum absolute atomic E-state index is 11.9. The SMILES string of the molecule is COc1cc(CCNC(=O)COc2ccc(Br)cc2)c([N+](=O)[O-])cc1OC.